The van der Waals surface area contributed by atoms with Crippen molar-refractivity contribution in [3.05, 3.63) is 34.4 Å². The molecule has 1 aromatic rings. The summed E-state index contributed by atoms with van der Waals surface area (Å²) in [5.74, 6) is 0.469. The van der Waals surface area contributed by atoms with Crippen molar-refractivity contribution in [2.45, 2.75) is 95.9 Å². The van der Waals surface area contributed by atoms with E-state index in [1.54, 1.807) is 6.07 Å². The Morgan fingerprint density at radius 2 is 1.91 bits per heavy atom. The van der Waals surface area contributed by atoms with E-state index in [0.29, 0.717) is 18.3 Å². The van der Waals surface area contributed by atoms with Crippen LogP contribution < -0.4 is 5.63 Å². The summed E-state index contributed by atoms with van der Waals surface area (Å²) < 4.78 is 11.0. The van der Waals surface area contributed by atoms with Crippen LogP contribution in [-0.4, -0.2) is 34.0 Å². The number of fused-ring (bicyclic) bond motifs is 5. The number of hydrogen-bond acceptors (Lipinski definition) is 6. The number of aliphatic hydroxyl groups excluding tert-OH is 1. The average Bonchev–Trinajstić information content (AvgIpc) is 2.95. The second-order valence-corrected chi connectivity index (χ2v) is 11.5. The number of hydrogen-bond donors (Lipinski definition) is 2. The lowest BCUT2D eigenvalue weighted by atomic mass is 9.43. The number of carbonyl (C=O) groups is 1. The molecule has 6 heteroatoms. The standard InChI is InChI=1S/C26H36O6/c1-15(27)32-21-13-26(30)20-6-5-17-12-18(28)8-10-24(17,2)19(20)9-11-25(26,3)23(21)16-4-7-22(29)31-14-16/h4,7,14,17-21,23,28,30H,5-6,8-13H2,1-3H3/t17-,18?,19+,20-,21?,23+,24+,25-,26+/m1/s1. The number of aliphatic hydroxyl groups is 2. The van der Waals surface area contributed by atoms with E-state index in [0.717, 1.165) is 50.5 Å². The van der Waals surface area contributed by atoms with Gasteiger partial charge in [0.15, 0.2) is 0 Å². The van der Waals surface area contributed by atoms with Crippen LogP contribution in [0.3, 0.4) is 0 Å². The van der Waals surface area contributed by atoms with Gasteiger partial charge in [0.1, 0.15) is 6.10 Å². The maximum atomic E-state index is 12.5. The van der Waals surface area contributed by atoms with Crippen LogP contribution in [0.4, 0.5) is 0 Å². The maximum absolute atomic E-state index is 12.5. The van der Waals surface area contributed by atoms with Gasteiger partial charge in [-0.05, 0) is 79.7 Å². The Balaban J connectivity index is 1.55. The van der Waals surface area contributed by atoms with E-state index in [-0.39, 0.29) is 29.3 Å². The van der Waals surface area contributed by atoms with E-state index in [2.05, 4.69) is 13.8 Å². The van der Waals surface area contributed by atoms with Crippen LogP contribution in [-0.2, 0) is 9.53 Å². The molecule has 4 aliphatic rings. The average molecular weight is 445 g/mol. The molecule has 2 N–H and O–H groups in total. The van der Waals surface area contributed by atoms with Gasteiger partial charge in [-0.2, -0.15) is 0 Å². The highest BCUT2D eigenvalue weighted by molar-refractivity contribution is 5.66. The molecule has 1 aromatic heterocycles. The van der Waals surface area contributed by atoms with E-state index in [1.165, 1.54) is 19.3 Å². The molecular formula is C26H36O6. The van der Waals surface area contributed by atoms with Gasteiger partial charge in [0.05, 0.1) is 18.0 Å². The zero-order chi connectivity index (χ0) is 22.9. The van der Waals surface area contributed by atoms with E-state index >= 15 is 0 Å². The fraction of sp³-hybridized carbons (Fsp3) is 0.769. The molecule has 5 rings (SSSR count). The van der Waals surface area contributed by atoms with Gasteiger partial charge >= 0.3 is 11.6 Å². The maximum Gasteiger partial charge on any atom is 0.335 e. The fourth-order valence-corrected chi connectivity index (χ4v) is 8.67. The predicted molar refractivity (Wildman–Crippen MR) is 118 cm³/mol. The number of ether oxygens (including phenoxy) is 1. The first-order valence-corrected chi connectivity index (χ1v) is 12.2. The second kappa shape index (κ2) is 7.42. The molecule has 1 heterocycles. The summed E-state index contributed by atoms with van der Waals surface area (Å²) in [6.07, 6.45) is 7.78. The molecule has 4 fully saturated rings. The lowest BCUT2D eigenvalue weighted by Gasteiger charge is -2.63. The third kappa shape index (κ3) is 3.05. The van der Waals surface area contributed by atoms with Gasteiger partial charge in [-0.25, -0.2) is 4.79 Å². The van der Waals surface area contributed by atoms with Crippen molar-refractivity contribution >= 4 is 5.97 Å². The van der Waals surface area contributed by atoms with E-state index in [4.69, 9.17) is 9.15 Å². The Labute approximate surface area is 189 Å². The normalized spacial score (nSPS) is 47.8. The molecule has 4 saturated carbocycles. The Bertz CT molecular complexity index is 935. The van der Waals surface area contributed by atoms with Crippen molar-refractivity contribution in [3.63, 3.8) is 0 Å². The van der Waals surface area contributed by atoms with Crippen molar-refractivity contribution in [2.75, 3.05) is 0 Å². The summed E-state index contributed by atoms with van der Waals surface area (Å²) in [4.78, 5) is 23.6. The van der Waals surface area contributed by atoms with Crippen molar-refractivity contribution in [3.8, 4) is 0 Å². The molecule has 4 aliphatic carbocycles. The number of carbonyl (C=O) groups excluding carboxylic acids is 1. The quantitative estimate of drug-likeness (QED) is 0.674. The molecule has 32 heavy (non-hydrogen) atoms. The van der Waals surface area contributed by atoms with E-state index in [1.807, 2.05) is 0 Å². The monoisotopic (exact) mass is 444 g/mol. The highest BCUT2D eigenvalue weighted by Gasteiger charge is 2.70. The van der Waals surface area contributed by atoms with Gasteiger partial charge in [-0.15, -0.1) is 0 Å². The number of esters is 1. The van der Waals surface area contributed by atoms with Crippen LogP contribution in [0.1, 0.15) is 83.6 Å². The minimum atomic E-state index is -0.957. The van der Waals surface area contributed by atoms with Crippen LogP contribution in [0.15, 0.2) is 27.6 Å². The highest BCUT2D eigenvalue weighted by atomic mass is 16.5. The summed E-state index contributed by atoms with van der Waals surface area (Å²) >= 11 is 0. The second-order valence-electron chi connectivity index (χ2n) is 11.5. The number of rotatable bonds is 2. The van der Waals surface area contributed by atoms with Gasteiger partial charge in [0.25, 0.3) is 0 Å². The zero-order valence-electron chi connectivity index (χ0n) is 19.4. The Morgan fingerprint density at radius 1 is 1.12 bits per heavy atom. The lowest BCUT2D eigenvalue weighted by Crippen LogP contribution is -2.62. The predicted octanol–water partition coefficient (Wildman–Crippen LogP) is 3.78. The molecule has 0 spiro atoms. The third-order valence-corrected chi connectivity index (χ3v) is 10.2. The first-order valence-electron chi connectivity index (χ1n) is 12.2. The molecule has 6 nitrogen and oxygen atoms in total. The summed E-state index contributed by atoms with van der Waals surface area (Å²) in [5, 5.41) is 22.7. The van der Waals surface area contributed by atoms with Crippen molar-refractivity contribution in [2.24, 2.45) is 28.6 Å². The van der Waals surface area contributed by atoms with Crippen LogP contribution in [0.5, 0.6) is 0 Å². The van der Waals surface area contributed by atoms with Gasteiger partial charge < -0.3 is 19.4 Å². The van der Waals surface area contributed by atoms with Crippen molar-refractivity contribution < 1.29 is 24.2 Å². The Morgan fingerprint density at radius 3 is 2.59 bits per heavy atom. The fourth-order valence-electron chi connectivity index (χ4n) is 8.67. The largest absolute Gasteiger partial charge is 0.462 e. The van der Waals surface area contributed by atoms with Crippen LogP contribution in [0, 0.1) is 28.6 Å². The van der Waals surface area contributed by atoms with Gasteiger partial charge in [0, 0.05) is 30.7 Å². The summed E-state index contributed by atoms with van der Waals surface area (Å²) in [6.45, 7) is 5.94. The van der Waals surface area contributed by atoms with Crippen molar-refractivity contribution in [1.82, 2.24) is 0 Å². The van der Waals surface area contributed by atoms with Gasteiger partial charge in [-0.1, -0.05) is 13.8 Å². The first kappa shape index (κ1) is 22.1. The summed E-state index contributed by atoms with van der Waals surface area (Å²) in [7, 11) is 0. The van der Waals surface area contributed by atoms with Gasteiger partial charge in [0.2, 0.25) is 0 Å². The highest BCUT2D eigenvalue weighted by Crippen LogP contribution is 2.70. The van der Waals surface area contributed by atoms with Gasteiger partial charge in [-0.3, -0.25) is 4.79 Å². The molecule has 0 aromatic carbocycles. The smallest absolute Gasteiger partial charge is 0.335 e. The summed E-state index contributed by atoms with van der Waals surface area (Å²) in [5.41, 5.74) is -0.903. The topological polar surface area (TPSA) is 97.0 Å². The molecule has 9 atom stereocenters. The zero-order valence-corrected chi connectivity index (χ0v) is 19.4. The van der Waals surface area contributed by atoms with Crippen LogP contribution >= 0.6 is 0 Å². The third-order valence-electron chi connectivity index (χ3n) is 10.2. The molecule has 0 radical (unpaired) electrons. The van der Waals surface area contributed by atoms with E-state index in [9.17, 15) is 19.8 Å². The molecule has 0 bridgehead atoms. The minimum Gasteiger partial charge on any atom is -0.462 e. The Hall–Kier alpha value is -1.66. The Kier molecular flexibility index (Phi) is 5.14. The lowest BCUT2D eigenvalue weighted by molar-refractivity contribution is -0.205. The molecular weight excluding hydrogens is 408 g/mol. The molecule has 0 saturated heterocycles. The molecule has 0 amide bonds. The van der Waals surface area contributed by atoms with E-state index < -0.39 is 22.7 Å². The summed E-state index contributed by atoms with van der Waals surface area (Å²) in [6, 6.07) is 3.17. The first-order chi connectivity index (χ1) is 15.1. The van der Waals surface area contributed by atoms with Crippen LogP contribution in [0.2, 0.25) is 0 Å². The van der Waals surface area contributed by atoms with Crippen molar-refractivity contribution in [1.29, 1.82) is 0 Å². The molecule has 2 unspecified atom stereocenters. The van der Waals surface area contributed by atoms with Crippen LogP contribution in [0.25, 0.3) is 0 Å². The SMILES string of the molecule is CC(=O)OC1C[C@]2(O)[C@@H]3CC[C@@H]4CC(O)CC[C@]4(C)[C@H]3CC[C@]2(C)[C@H]1c1ccc(=O)oc1. The minimum absolute atomic E-state index is 0.133. The molecule has 0 aliphatic heterocycles. The molecule has 176 valence electrons.